The second-order valence-electron chi connectivity index (χ2n) is 6.24. The fraction of sp³-hybridized carbons (Fsp3) is 0.647. The van der Waals surface area contributed by atoms with Gasteiger partial charge < -0.3 is 15.2 Å². The van der Waals surface area contributed by atoms with Gasteiger partial charge in [-0.3, -0.25) is 9.78 Å². The highest BCUT2D eigenvalue weighted by Crippen LogP contribution is 2.23. The fourth-order valence-electron chi connectivity index (χ4n) is 2.92. The molecular formula is C17H26N2O3. The van der Waals surface area contributed by atoms with Crippen LogP contribution in [-0.4, -0.2) is 41.9 Å². The minimum atomic E-state index is -0.510. The summed E-state index contributed by atoms with van der Waals surface area (Å²) in [6, 6.07) is 5.61. The normalized spacial score (nSPS) is 18.9. The van der Waals surface area contributed by atoms with Crippen molar-refractivity contribution in [2.24, 2.45) is 11.8 Å². The van der Waals surface area contributed by atoms with Crippen molar-refractivity contribution < 1.29 is 14.6 Å². The molecule has 2 atom stereocenters. The zero-order valence-corrected chi connectivity index (χ0v) is 13.4. The van der Waals surface area contributed by atoms with Gasteiger partial charge in [0, 0.05) is 26.0 Å². The molecule has 2 N–H and O–H groups in total. The van der Waals surface area contributed by atoms with Crippen LogP contribution in [0.4, 0.5) is 0 Å². The average molecular weight is 306 g/mol. The van der Waals surface area contributed by atoms with Crippen LogP contribution in [-0.2, 0) is 9.53 Å². The molecule has 2 rings (SSSR count). The van der Waals surface area contributed by atoms with Crippen molar-refractivity contribution in [1.29, 1.82) is 0 Å². The summed E-state index contributed by atoms with van der Waals surface area (Å²) < 4.78 is 5.30. The van der Waals surface area contributed by atoms with Gasteiger partial charge in [-0.25, -0.2) is 0 Å². The summed E-state index contributed by atoms with van der Waals surface area (Å²) in [4.78, 5) is 16.8. The molecule has 0 saturated carbocycles. The molecule has 0 aliphatic carbocycles. The molecule has 1 aromatic rings. The van der Waals surface area contributed by atoms with Crippen molar-refractivity contribution in [2.75, 3.05) is 19.8 Å². The number of nitrogens with one attached hydrogen (secondary N) is 1. The number of amides is 1. The van der Waals surface area contributed by atoms with Crippen molar-refractivity contribution >= 4 is 5.91 Å². The Labute approximate surface area is 132 Å². The lowest BCUT2D eigenvalue weighted by Gasteiger charge is -2.27. The number of aliphatic hydroxyl groups is 1. The Hall–Kier alpha value is -1.46. The van der Waals surface area contributed by atoms with E-state index in [4.69, 9.17) is 4.74 Å². The molecule has 0 radical (unpaired) electrons. The van der Waals surface area contributed by atoms with Crippen molar-refractivity contribution in [3.63, 3.8) is 0 Å². The number of carbonyl (C=O) groups excluding carboxylic acids is 1. The minimum absolute atomic E-state index is 0.0696. The number of aliphatic hydroxyl groups excluding tert-OH is 1. The maximum absolute atomic E-state index is 12.5. The third-order valence-corrected chi connectivity index (χ3v) is 4.25. The molecule has 1 aliphatic heterocycles. The highest BCUT2D eigenvalue weighted by atomic mass is 16.5. The summed E-state index contributed by atoms with van der Waals surface area (Å²) in [5, 5.41) is 13.1. The SMILES string of the molecule is CC(C)[C@@H](C(=O)NC[C@@H](O)C1CCOCC1)c1ccccn1. The number of hydrogen-bond donors (Lipinski definition) is 2. The minimum Gasteiger partial charge on any atom is -0.391 e. The number of aromatic nitrogens is 1. The Morgan fingerprint density at radius 2 is 2.14 bits per heavy atom. The Morgan fingerprint density at radius 3 is 2.73 bits per heavy atom. The molecule has 0 spiro atoms. The number of carbonyl (C=O) groups is 1. The first kappa shape index (κ1) is 16.9. The fourth-order valence-corrected chi connectivity index (χ4v) is 2.92. The third kappa shape index (κ3) is 4.52. The first-order chi connectivity index (χ1) is 10.6. The smallest absolute Gasteiger partial charge is 0.229 e. The Kier molecular flexibility index (Phi) is 6.34. The van der Waals surface area contributed by atoms with Crippen LogP contribution in [0.15, 0.2) is 24.4 Å². The van der Waals surface area contributed by atoms with Crippen LogP contribution < -0.4 is 5.32 Å². The van der Waals surface area contributed by atoms with Crippen molar-refractivity contribution in [2.45, 2.75) is 38.7 Å². The van der Waals surface area contributed by atoms with E-state index in [1.54, 1.807) is 6.20 Å². The van der Waals surface area contributed by atoms with E-state index < -0.39 is 6.10 Å². The van der Waals surface area contributed by atoms with Gasteiger partial charge >= 0.3 is 0 Å². The number of hydrogen-bond acceptors (Lipinski definition) is 4. The summed E-state index contributed by atoms with van der Waals surface area (Å²) in [5.74, 6) is -0.000535. The van der Waals surface area contributed by atoms with Gasteiger partial charge in [0.1, 0.15) is 0 Å². The van der Waals surface area contributed by atoms with Crippen LogP contribution in [0.2, 0.25) is 0 Å². The maximum atomic E-state index is 12.5. The molecule has 2 heterocycles. The first-order valence-corrected chi connectivity index (χ1v) is 8.04. The van der Waals surface area contributed by atoms with E-state index in [0.717, 1.165) is 18.5 Å². The third-order valence-electron chi connectivity index (χ3n) is 4.25. The molecule has 1 aromatic heterocycles. The molecule has 22 heavy (non-hydrogen) atoms. The molecule has 1 fully saturated rings. The lowest BCUT2D eigenvalue weighted by Crippen LogP contribution is -2.41. The summed E-state index contributed by atoms with van der Waals surface area (Å²) in [6.45, 7) is 5.69. The molecule has 1 saturated heterocycles. The van der Waals surface area contributed by atoms with E-state index in [1.165, 1.54) is 0 Å². The second kappa shape index (κ2) is 8.25. The van der Waals surface area contributed by atoms with E-state index in [2.05, 4.69) is 10.3 Å². The monoisotopic (exact) mass is 306 g/mol. The lowest BCUT2D eigenvalue weighted by atomic mass is 9.90. The summed E-state index contributed by atoms with van der Waals surface area (Å²) >= 11 is 0. The van der Waals surface area contributed by atoms with E-state index in [-0.39, 0.29) is 23.7 Å². The Morgan fingerprint density at radius 1 is 1.41 bits per heavy atom. The van der Waals surface area contributed by atoms with Crippen molar-refractivity contribution in [3.05, 3.63) is 30.1 Å². The second-order valence-corrected chi connectivity index (χ2v) is 6.24. The van der Waals surface area contributed by atoms with Crippen LogP contribution in [0.25, 0.3) is 0 Å². The topological polar surface area (TPSA) is 71.5 Å². The maximum Gasteiger partial charge on any atom is 0.229 e. The van der Waals surface area contributed by atoms with Gasteiger partial charge in [-0.2, -0.15) is 0 Å². The zero-order chi connectivity index (χ0) is 15.9. The van der Waals surface area contributed by atoms with Crippen LogP contribution in [0, 0.1) is 11.8 Å². The number of nitrogens with zero attached hydrogens (tertiary/aromatic N) is 1. The summed E-state index contributed by atoms with van der Waals surface area (Å²) in [6.07, 6.45) is 2.90. The van der Waals surface area contributed by atoms with Gasteiger partial charge in [0.05, 0.1) is 17.7 Å². The first-order valence-electron chi connectivity index (χ1n) is 8.04. The van der Waals surface area contributed by atoms with Gasteiger partial charge in [-0.05, 0) is 36.8 Å². The predicted molar refractivity (Wildman–Crippen MR) is 84.4 cm³/mol. The van der Waals surface area contributed by atoms with Crippen molar-refractivity contribution in [3.8, 4) is 0 Å². The highest BCUT2D eigenvalue weighted by Gasteiger charge is 2.27. The van der Waals surface area contributed by atoms with Gasteiger partial charge in [-0.1, -0.05) is 19.9 Å². The molecule has 122 valence electrons. The molecule has 5 nitrogen and oxygen atoms in total. The van der Waals surface area contributed by atoms with Crippen LogP contribution in [0.1, 0.15) is 38.3 Å². The van der Waals surface area contributed by atoms with Crippen LogP contribution >= 0.6 is 0 Å². The van der Waals surface area contributed by atoms with E-state index in [1.807, 2.05) is 32.0 Å². The van der Waals surface area contributed by atoms with Gasteiger partial charge in [0.2, 0.25) is 5.91 Å². The average Bonchev–Trinajstić information content (AvgIpc) is 2.54. The lowest BCUT2D eigenvalue weighted by molar-refractivity contribution is -0.124. The molecule has 5 heteroatoms. The molecule has 1 amide bonds. The quantitative estimate of drug-likeness (QED) is 0.839. The van der Waals surface area contributed by atoms with E-state index >= 15 is 0 Å². The van der Waals surface area contributed by atoms with Gasteiger partial charge in [0.25, 0.3) is 0 Å². The number of pyridine rings is 1. The molecular weight excluding hydrogens is 280 g/mol. The van der Waals surface area contributed by atoms with Crippen LogP contribution in [0.3, 0.4) is 0 Å². The number of rotatable bonds is 6. The van der Waals surface area contributed by atoms with E-state index in [0.29, 0.717) is 19.8 Å². The zero-order valence-electron chi connectivity index (χ0n) is 13.4. The number of ether oxygens (including phenoxy) is 1. The van der Waals surface area contributed by atoms with Gasteiger partial charge in [0.15, 0.2) is 0 Å². The predicted octanol–water partition coefficient (Wildman–Crippen LogP) is 1.72. The van der Waals surface area contributed by atoms with Gasteiger partial charge in [-0.15, -0.1) is 0 Å². The molecule has 0 bridgehead atoms. The summed E-state index contributed by atoms with van der Waals surface area (Å²) in [5.41, 5.74) is 0.774. The largest absolute Gasteiger partial charge is 0.391 e. The highest BCUT2D eigenvalue weighted by molar-refractivity contribution is 5.83. The molecule has 0 unspecified atom stereocenters. The molecule has 1 aliphatic rings. The Balaban J connectivity index is 1.91. The standard InChI is InChI=1S/C17H26N2O3/c1-12(2)16(14-5-3-4-8-18-14)17(21)19-11-15(20)13-6-9-22-10-7-13/h3-5,8,12-13,15-16,20H,6-7,9-11H2,1-2H3,(H,19,21)/t15-,16-/m1/s1. The van der Waals surface area contributed by atoms with E-state index in [9.17, 15) is 9.90 Å². The van der Waals surface area contributed by atoms with Crippen molar-refractivity contribution in [1.82, 2.24) is 10.3 Å². The van der Waals surface area contributed by atoms with Crippen LogP contribution in [0.5, 0.6) is 0 Å². The summed E-state index contributed by atoms with van der Waals surface area (Å²) in [7, 11) is 0. The molecule has 0 aromatic carbocycles. The Bertz CT molecular complexity index is 458.